The Balaban J connectivity index is 2.52. The summed E-state index contributed by atoms with van der Waals surface area (Å²) in [6.07, 6.45) is 2.51. The summed E-state index contributed by atoms with van der Waals surface area (Å²) in [5, 5.41) is 18.4. The smallest absolute Gasteiger partial charge is 0.341 e. The average molecular weight is 281 g/mol. The van der Waals surface area contributed by atoms with Crippen molar-refractivity contribution in [2.75, 3.05) is 0 Å². The van der Waals surface area contributed by atoms with E-state index in [2.05, 4.69) is 0 Å². The number of carbonyl (C=O) groups is 1. The van der Waals surface area contributed by atoms with Gasteiger partial charge in [0, 0.05) is 12.2 Å². The molecule has 0 bridgehead atoms. The van der Waals surface area contributed by atoms with E-state index in [1.54, 1.807) is 0 Å². The number of benzene rings is 1. The van der Waals surface area contributed by atoms with E-state index in [0.29, 0.717) is 6.07 Å². The Hall–Kier alpha value is -2.44. The van der Waals surface area contributed by atoms with Crippen molar-refractivity contribution in [3.05, 3.63) is 39.7 Å². The van der Waals surface area contributed by atoms with E-state index >= 15 is 0 Å². The average Bonchev–Trinajstić information content (AvgIpc) is 3.21. The topological polar surface area (TPSA) is 79.5 Å². The van der Waals surface area contributed by atoms with Gasteiger partial charge < -0.3 is 14.8 Å². The van der Waals surface area contributed by atoms with Crippen LogP contribution in [0.15, 0.2) is 17.1 Å². The lowest BCUT2D eigenvalue weighted by molar-refractivity contribution is 0.0695. The SMILES string of the molecule is O=C(O)c1cn(C2CC2)c2c(O)c(F)c(F)cc2c1=O. The summed E-state index contributed by atoms with van der Waals surface area (Å²) in [6, 6.07) is 0.505. The third-order valence-electron chi connectivity index (χ3n) is 3.35. The van der Waals surface area contributed by atoms with Gasteiger partial charge in [0.05, 0.1) is 10.9 Å². The molecule has 0 spiro atoms. The van der Waals surface area contributed by atoms with Crippen LogP contribution in [0.25, 0.3) is 10.9 Å². The molecule has 5 nitrogen and oxygen atoms in total. The molecule has 1 aromatic carbocycles. The molecule has 1 heterocycles. The number of carboxylic acids is 1. The van der Waals surface area contributed by atoms with Gasteiger partial charge in [-0.05, 0) is 18.9 Å². The maximum atomic E-state index is 13.5. The molecular weight excluding hydrogens is 272 g/mol. The van der Waals surface area contributed by atoms with E-state index in [1.807, 2.05) is 0 Å². The summed E-state index contributed by atoms with van der Waals surface area (Å²) in [6.45, 7) is 0. The zero-order chi connectivity index (χ0) is 14.6. The molecule has 1 aliphatic rings. The normalized spacial score (nSPS) is 14.7. The number of fused-ring (bicyclic) bond motifs is 1. The van der Waals surface area contributed by atoms with Gasteiger partial charge in [-0.1, -0.05) is 0 Å². The van der Waals surface area contributed by atoms with E-state index in [4.69, 9.17) is 5.11 Å². The minimum atomic E-state index is -1.45. The number of aromatic hydroxyl groups is 1. The van der Waals surface area contributed by atoms with Crippen LogP contribution in [0.5, 0.6) is 5.75 Å². The molecule has 0 unspecified atom stereocenters. The highest BCUT2D eigenvalue weighted by Gasteiger charge is 2.29. The number of aromatic nitrogens is 1. The molecule has 0 amide bonds. The van der Waals surface area contributed by atoms with Crippen LogP contribution in [0.3, 0.4) is 0 Å². The first-order valence-corrected chi connectivity index (χ1v) is 5.91. The van der Waals surface area contributed by atoms with Crippen LogP contribution in [-0.2, 0) is 0 Å². The molecule has 0 saturated heterocycles. The van der Waals surface area contributed by atoms with Gasteiger partial charge in [0.15, 0.2) is 11.6 Å². The number of phenolic OH excluding ortho intramolecular Hbond substituents is 1. The molecule has 1 saturated carbocycles. The lowest BCUT2D eigenvalue weighted by Gasteiger charge is -2.13. The number of nitrogens with zero attached hydrogens (tertiary/aromatic N) is 1. The Morgan fingerprint density at radius 3 is 2.55 bits per heavy atom. The monoisotopic (exact) mass is 281 g/mol. The predicted octanol–water partition coefficient (Wildman–Crippen LogP) is 2.02. The second-order valence-corrected chi connectivity index (χ2v) is 4.73. The van der Waals surface area contributed by atoms with Crippen molar-refractivity contribution >= 4 is 16.9 Å². The molecule has 1 aliphatic carbocycles. The molecule has 2 aromatic rings. The molecule has 104 valence electrons. The highest BCUT2D eigenvalue weighted by Crippen LogP contribution is 2.40. The summed E-state index contributed by atoms with van der Waals surface area (Å²) in [5.74, 6) is -5.26. The zero-order valence-corrected chi connectivity index (χ0v) is 10.1. The highest BCUT2D eigenvalue weighted by atomic mass is 19.2. The van der Waals surface area contributed by atoms with Crippen LogP contribution >= 0.6 is 0 Å². The molecule has 0 atom stereocenters. The molecule has 3 rings (SSSR count). The van der Waals surface area contributed by atoms with Gasteiger partial charge >= 0.3 is 5.97 Å². The molecule has 20 heavy (non-hydrogen) atoms. The number of phenols is 1. The molecule has 1 aromatic heterocycles. The van der Waals surface area contributed by atoms with E-state index in [0.717, 1.165) is 19.0 Å². The van der Waals surface area contributed by atoms with Crippen molar-refractivity contribution in [2.45, 2.75) is 18.9 Å². The van der Waals surface area contributed by atoms with Crippen molar-refractivity contribution < 1.29 is 23.8 Å². The van der Waals surface area contributed by atoms with Crippen molar-refractivity contribution in [2.24, 2.45) is 0 Å². The van der Waals surface area contributed by atoms with Gasteiger partial charge in [0.1, 0.15) is 5.56 Å². The maximum Gasteiger partial charge on any atom is 0.341 e. The number of carboxylic acid groups (broad SMARTS) is 1. The van der Waals surface area contributed by atoms with Gasteiger partial charge in [-0.25, -0.2) is 9.18 Å². The van der Waals surface area contributed by atoms with Crippen LogP contribution in [0.1, 0.15) is 29.2 Å². The lowest BCUT2D eigenvalue weighted by atomic mass is 10.1. The fourth-order valence-corrected chi connectivity index (χ4v) is 2.24. The Bertz CT molecular complexity index is 808. The number of aromatic carboxylic acids is 1. The van der Waals surface area contributed by atoms with E-state index < -0.39 is 34.3 Å². The highest BCUT2D eigenvalue weighted by molar-refractivity contribution is 5.94. The van der Waals surface area contributed by atoms with Gasteiger partial charge in [-0.2, -0.15) is 4.39 Å². The van der Waals surface area contributed by atoms with Crippen LogP contribution in [0.2, 0.25) is 0 Å². The number of pyridine rings is 1. The summed E-state index contributed by atoms with van der Waals surface area (Å²) in [7, 11) is 0. The summed E-state index contributed by atoms with van der Waals surface area (Å²) >= 11 is 0. The van der Waals surface area contributed by atoms with Gasteiger partial charge in [-0.3, -0.25) is 4.79 Å². The summed E-state index contributed by atoms with van der Waals surface area (Å²) < 4.78 is 28.1. The summed E-state index contributed by atoms with van der Waals surface area (Å²) in [4.78, 5) is 23.0. The first kappa shape index (κ1) is 12.6. The van der Waals surface area contributed by atoms with Gasteiger partial charge in [0.25, 0.3) is 0 Å². The first-order valence-electron chi connectivity index (χ1n) is 5.91. The molecule has 0 aliphatic heterocycles. The Morgan fingerprint density at radius 2 is 2.00 bits per heavy atom. The Labute approximate surface area is 110 Å². The number of hydrogen-bond donors (Lipinski definition) is 2. The second kappa shape index (κ2) is 4.03. The van der Waals surface area contributed by atoms with Crippen molar-refractivity contribution in [3.63, 3.8) is 0 Å². The number of hydrogen-bond acceptors (Lipinski definition) is 3. The molecular formula is C13H9F2NO4. The Kier molecular flexibility index (Phi) is 2.53. The van der Waals surface area contributed by atoms with Crippen LogP contribution < -0.4 is 5.43 Å². The van der Waals surface area contributed by atoms with E-state index in [1.165, 1.54) is 4.57 Å². The zero-order valence-electron chi connectivity index (χ0n) is 10.1. The minimum absolute atomic E-state index is 0.119. The molecule has 1 fully saturated rings. The van der Waals surface area contributed by atoms with Crippen LogP contribution in [0.4, 0.5) is 8.78 Å². The molecule has 7 heteroatoms. The molecule has 0 radical (unpaired) electrons. The van der Waals surface area contributed by atoms with E-state index in [9.17, 15) is 23.5 Å². The summed E-state index contributed by atoms with van der Waals surface area (Å²) in [5.41, 5.74) is -1.64. The largest absolute Gasteiger partial charge is 0.503 e. The van der Waals surface area contributed by atoms with Gasteiger partial charge in [-0.15, -0.1) is 0 Å². The third kappa shape index (κ3) is 1.66. The minimum Gasteiger partial charge on any atom is -0.503 e. The van der Waals surface area contributed by atoms with Crippen molar-refractivity contribution in [1.29, 1.82) is 0 Å². The van der Waals surface area contributed by atoms with E-state index in [-0.39, 0.29) is 16.9 Å². The number of rotatable bonds is 2. The quantitative estimate of drug-likeness (QED) is 0.882. The maximum absolute atomic E-state index is 13.5. The van der Waals surface area contributed by atoms with Crippen LogP contribution in [0, 0.1) is 11.6 Å². The molecule has 2 N–H and O–H groups in total. The number of halogens is 2. The fourth-order valence-electron chi connectivity index (χ4n) is 2.24. The first-order chi connectivity index (χ1) is 9.41. The predicted molar refractivity (Wildman–Crippen MR) is 65.0 cm³/mol. The van der Waals surface area contributed by atoms with Crippen molar-refractivity contribution in [1.82, 2.24) is 4.57 Å². The van der Waals surface area contributed by atoms with Gasteiger partial charge in [0.2, 0.25) is 11.2 Å². The Morgan fingerprint density at radius 1 is 1.35 bits per heavy atom. The standard InChI is InChI=1S/C13H9F2NO4/c14-8-3-6-10(12(18)9(8)15)16(5-1-2-5)4-7(11(6)17)13(19)20/h3-5,18H,1-2H2,(H,19,20). The lowest BCUT2D eigenvalue weighted by Crippen LogP contribution is -2.19. The fraction of sp³-hybridized carbons (Fsp3) is 0.231. The van der Waals surface area contributed by atoms with Crippen molar-refractivity contribution in [3.8, 4) is 5.75 Å². The van der Waals surface area contributed by atoms with Crippen LogP contribution in [-0.4, -0.2) is 20.7 Å². The third-order valence-corrected chi connectivity index (χ3v) is 3.35. The second-order valence-electron chi connectivity index (χ2n) is 4.73.